The number of hydrogen-bond donors (Lipinski definition) is 0. The van der Waals surface area contributed by atoms with Gasteiger partial charge in [0.25, 0.3) is 0 Å². The van der Waals surface area contributed by atoms with E-state index < -0.39 is 0 Å². The van der Waals surface area contributed by atoms with Crippen molar-refractivity contribution >= 4 is 41.9 Å². The van der Waals surface area contributed by atoms with Gasteiger partial charge in [0.2, 0.25) is 0 Å². The Hall–Kier alpha value is 1.28. The Labute approximate surface area is 80.5 Å². The third kappa shape index (κ3) is 7.28. The van der Waals surface area contributed by atoms with Gasteiger partial charge >= 0.3 is 30.0 Å². The molecule has 0 atom stereocenters. The van der Waals surface area contributed by atoms with Gasteiger partial charge in [0.15, 0.2) is 0 Å². The van der Waals surface area contributed by atoms with Crippen LogP contribution < -0.4 is 0 Å². The summed E-state index contributed by atoms with van der Waals surface area (Å²) in [5.41, 5.74) is 0. The molecule has 42 valence electrons. The monoisotopic (exact) mass is 306 g/mol. The van der Waals surface area contributed by atoms with Crippen LogP contribution in [0.3, 0.4) is 0 Å². The molecule has 0 aliphatic carbocycles. The Balaban J connectivity index is 0. The normalized spacial score (nSPS) is 5.88. The van der Waals surface area contributed by atoms with Gasteiger partial charge in [0.05, 0.1) is 0 Å². The van der Waals surface area contributed by atoms with Crippen molar-refractivity contribution in [2.24, 2.45) is 0 Å². The van der Waals surface area contributed by atoms with Crippen molar-refractivity contribution in [3.63, 3.8) is 0 Å². The van der Waals surface area contributed by atoms with Gasteiger partial charge in [0.1, 0.15) is 0 Å². The quantitative estimate of drug-likeness (QED) is 0.510. The molecule has 0 saturated carbocycles. The topological polar surface area (TPSA) is 0 Å². The van der Waals surface area contributed by atoms with Gasteiger partial charge in [-0.05, 0) is 0 Å². The molecule has 0 unspecified atom stereocenters. The Morgan fingerprint density at radius 1 is 1.50 bits per heavy atom. The van der Waals surface area contributed by atoms with Gasteiger partial charge in [-0.2, -0.15) is 11.4 Å². The second-order valence-electron chi connectivity index (χ2n) is 0.731. The summed E-state index contributed by atoms with van der Waals surface area (Å²) in [4.78, 5) is 0. The maximum atomic E-state index is 3.06. The molecule has 1 rings (SSSR count). The van der Waals surface area contributed by atoms with Crippen molar-refractivity contribution in [2.45, 2.75) is 0 Å². The van der Waals surface area contributed by atoms with Crippen molar-refractivity contribution in [1.82, 2.24) is 0 Å². The summed E-state index contributed by atoms with van der Waals surface area (Å²) in [5.74, 6) is 0. The second kappa shape index (κ2) is 11.1. The third-order valence-corrected chi connectivity index (χ3v) is 0.944. The van der Waals surface area contributed by atoms with E-state index in [-0.39, 0.29) is 17.0 Å². The molecular formula is C4H4Br2SZn. The first kappa shape index (κ1) is 12.0. The number of rotatable bonds is 0. The molecule has 0 saturated heterocycles. The summed E-state index contributed by atoms with van der Waals surface area (Å²) in [5, 5.41) is 4.89. The predicted molar refractivity (Wildman–Crippen MR) is 42.4 cm³/mol. The largest absolute Gasteiger partial charge is 0.304 e. The van der Waals surface area contributed by atoms with Crippen molar-refractivity contribution in [3.05, 3.63) is 22.9 Å². The van der Waals surface area contributed by atoms with Gasteiger partial charge in [0, 0.05) is 0 Å². The summed E-state index contributed by atoms with van der Waals surface area (Å²) in [6, 6.07) is 3.86. The van der Waals surface area contributed by atoms with Crippen LogP contribution in [0.15, 0.2) is 17.5 Å². The molecule has 8 heavy (non-hydrogen) atoms. The molecule has 0 amide bonds. The van der Waals surface area contributed by atoms with Crippen LogP contribution in [0.2, 0.25) is 0 Å². The average molecular weight is 309 g/mol. The molecule has 4 heteroatoms. The van der Waals surface area contributed by atoms with Crippen LogP contribution >= 0.6 is 41.9 Å². The standard InChI is InChI=1S/C4H3S.2BrH.Zn/c1-2-4-5-3-1;;;/h1-3H;2*1H;/q-1;;;+2/p-1. The maximum absolute atomic E-state index is 3.06. The zero-order valence-corrected chi connectivity index (χ0v) is 11.2. The zero-order chi connectivity index (χ0) is 5.54. The van der Waals surface area contributed by atoms with E-state index in [0.29, 0.717) is 0 Å². The Morgan fingerprint density at radius 3 is 2.25 bits per heavy atom. The summed E-state index contributed by atoms with van der Waals surface area (Å²) in [6.45, 7) is 0. The molecule has 0 N–H and O–H groups in total. The van der Waals surface area contributed by atoms with Crippen molar-refractivity contribution < 1.29 is 16.3 Å². The molecule has 1 heterocycles. The number of thiophene rings is 1. The molecule has 0 spiro atoms. The predicted octanol–water partition coefficient (Wildman–Crippen LogP) is 2.97. The van der Waals surface area contributed by atoms with E-state index >= 15 is 0 Å². The van der Waals surface area contributed by atoms with Gasteiger partial charge in [-0.25, -0.2) is 6.07 Å². The first-order valence-corrected chi connectivity index (χ1v) is 9.49. The molecule has 1 aromatic rings. The van der Waals surface area contributed by atoms with Gasteiger partial charge in [-0.1, -0.05) is 0 Å². The first-order valence-electron chi connectivity index (χ1n) is 1.66. The van der Waals surface area contributed by atoms with Crippen molar-refractivity contribution in [3.8, 4) is 0 Å². The SMILES string of the molecule is Br.[Zn+][Br].[c-]1cccs1. The van der Waals surface area contributed by atoms with E-state index in [2.05, 4.69) is 19.0 Å². The van der Waals surface area contributed by atoms with E-state index in [1.165, 1.54) is 16.3 Å². The minimum atomic E-state index is 0. The van der Waals surface area contributed by atoms with E-state index in [1.54, 1.807) is 11.3 Å². The summed E-state index contributed by atoms with van der Waals surface area (Å²) in [7, 11) is 0. The summed E-state index contributed by atoms with van der Waals surface area (Å²) < 4.78 is 0. The molecule has 0 aliphatic heterocycles. The molecule has 0 radical (unpaired) electrons. The average Bonchev–Trinajstić information content (AvgIpc) is 2.23. The molecule has 0 bridgehead atoms. The minimum Gasteiger partial charge on any atom is -0.304 e. The third-order valence-electron chi connectivity index (χ3n) is 0.379. The van der Waals surface area contributed by atoms with Crippen molar-refractivity contribution in [1.29, 1.82) is 0 Å². The van der Waals surface area contributed by atoms with E-state index in [4.69, 9.17) is 0 Å². The van der Waals surface area contributed by atoms with Crippen LogP contribution in [0.1, 0.15) is 0 Å². The number of hydrogen-bond acceptors (Lipinski definition) is 1. The smallest absolute Gasteiger partial charge is 0.124 e. The van der Waals surface area contributed by atoms with Crippen LogP contribution in [0.25, 0.3) is 0 Å². The van der Waals surface area contributed by atoms with Gasteiger partial charge in [-0.3, -0.25) is 0 Å². The fourth-order valence-corrected chi connectivity index (χ4v) is 0.589. The first-order chi connectivity index (χ1) is 3.50. The second-order valence-corrected chi connectivity index (χ2v) is 1.47. The van der Waals surface area contributed by atoms with Crippen LogP contribution in [0.4, 0.5) is 0 Å². The molecule has 0 aliphatic rings. The zero-order valence-electron chi connectivity index (χ0n) is 4.13. The molecule has 1 aromatic heterocycles. The Kier molecular flexibility index (Phi) is 16.7. The molecule has 0 aromatic carbocycles. The fraction of sp³-hybridized carbons (Fsp3) is 0. The number of halogens is 2. The molecular weight excluding hydrogens is 305 g/mol. The van der Waals surface area contributed by atoms with E-state index in [0.717, 1.165) is 0 Å². The van der Waals surface area contributed by atoms with Crippen LogP contribution in [-0.4, -0.2) is 0 Å². The van der Waals surface area contributed by atoms with Gasteiger partial charge < -0.3 is 11.3 Å². The van der Waals surface area contributed by atoms with Crippen LogP contribution in [0, 0.1) is 5.38 Å². The van der Waals surface area contributed by atoms with E-state index in [9.17, 15) is 0 Å². The van der Waals surface area contributed by atoms with Crippen molar-refractivity contribution in [2.75, 3.05) is 0 Å². The summed E-state index contributed by atoms with van der Waals surface area (Å²) in [6.07, 6.45) is 0. The minimum absolute atomic E-state index is 0. The maximum Gasteiger partial charge on any atom is -0.124 e. The summed E-state index contributed by atoms with van der Waals surface area (Å²) >= 11 is 5.84. The van der Waals surface area contributed by atoms with Gasteiger partial charge in [-0.15, -0.1) is 22.4 Å². The molecule has 0 nitrogen and oxygen atoms in total. The fourth-order valence-electron chi connectivity index (χ4n) is 0.196. The van der Waals surface area contributed by atoms with E-state index in [1.807, 2.05) is 17.5 Å². The Bertz CT molecular complexity index is 70.5. The van der Waals surface area contributed by atoms with Crippen LogP contribution in [0.5, 0.6) is 0 Å². The Morgan fingerprint density at radius 2 is 2.12 bits per heavy atom. The molecule has 0 fully saturated rings. The van der Waals surface area contributed by atoms with Crippen LogP contribution in [-0.2, 0) is 16.3 Å².